The zero-order chi connectivity index (χ0) is 19.2. The average Bonchev–Trinajstić information content (AvgIpc) is 3.07. The SMILES string of the molecule is COc1cc(NC(=O)CSc2nnc(-c3cccnc3)n2C)cc(OC)c1. The maximum absolute atomic E-state index is 12.3. The number of aromatic nitrogens is 4. The molecule has 0 bridgehead atoms. The van der Waals surface area contributed by atoms with Gasteiger partial charge in [-0.2, -0.15) is 0 Å². The highest BCUT2D eigenvalue weighted by atomic mass is 32.2. The number of nitrogens with one attached hydrogen (secondary N) is 1. The second kappa shape index (κ2) is 8.54. The second-order valence-electron chi connectivity index (χ2n) is 5.55. The fourth-order valence-electron chi connectivity index (χ4n) is 2.39. The molecule has 0 saturated heterocycles. The minimum Gasteiger partial charge on any atom is -0.497 e. The molecule has 0 aliphatic rings. The number of nitrogens with zero attached hydrogens (tertiary/aromatic N) is 4. The summed E-state index contributed by atoms with van der Waals surface area (Å²) in [7, 11) is 4.98. The Bertz CT molecular complexity index is 908. The van der Waals surface area contributed by atoms with Gasteiger partial charge in [0.05, 0.1) is 20.0 Å². The van der Waals surface area contributed by atoms with Gasteiger partial charge in [0.25, 0.3) is 0 Å². The van der Waals surface area contributed by atoms with Crippen molar-refractivity contribution >= 4 is 23.4 Å². The van der Waals surface area contributed by atoms with Gasteiger partial charge in [-0.15, -0.1) is 10.2 Å². The van der Waals surface area contributed by atoms with E-state index < -0.39 is 0 Å². The molecule has 0 aliphatic carbocycles. The van der Waals surface area contributed by atoms with E-state index in [4.69, 9.17) is 9.47 Å². The first-order chi connectivity index (χ1) is 13.1. The molecule has 2 heterocycles. The van der Waals surface area contributed by atoms with Crippen LogP contribution in [-0.4, -0.2) is 45.6 Å². The van der Waals surface area contributed by atoms with Gasteiger partial charge in [0.2, 0.25) is 5.91 Å². The number of anilines is 1. The summed E-state index contributed by atoms with van der Waals surface area (Å²) in [4.78, 5) is 16.4. The molecule has 0 spiro atoms. The summed E-state index contributed by atoms with van der Waals surface area (Å²) in [5, 5.41) is 11.8. The summed E-state index contributed by atoms with van der Waals surface area (Å²) < 4.78 is 12.2. The minimum absolute atomic E-state index is 0.166. The molecule has 9 heteroatoms. The first-order valence-corrected chi connectivity index (χ1v) is 9.04. The topological polar surface area (TPSA) is 91.2 Å². The van der Waals surface area contributed by atoms with Gasteiger partial charge in [0.1, 0.15) is 11.5 Å². The quantitative estimate of drug-likeness (QED) is 0.625. The Hall–Kier alpha value is -3.07. The van der Waals surface area contributed by atoms with E-state index in [1.807, 2.05) is 23.7 Å². The van der Waals surface area contributed by atoms with Crippen LogP contribution in [0.3, 0.4) is 0 Å². The van der Waals surface area contributed by atoms with Crippen molar-refractivity contribution in [2.75, 3.05) is 25.3 Å². The molecule has 0 atom stereocenters. The van der Waals surface area contributed by atoms with Crippen molar-refractivity contribution in [2.24, 2.45) is 7.05 Å². The van der Waals surface area contributed by atoms with E-state index in [0.29, 0.717) is 28.2 Å². The van der Waals surface area contributed by atoms with Gasteiger partial charge in [-0.05, 0) is 12.1 Å². The molecule has 3 aromatic rings. The van der Waals surface area contributed by atoms with Crippen molar-refractivity contribution < 1.29 is 14.3 Å². The lowest BCUT2D eigenvalue weighted by molar-refractivity contribution is -0.113. The first kappa shape index (κ1) is 18.7. The fourth-order valence-corrected chi connectivity index (χ4v) is 3.10. The van der Waals surface area contributed by atoms with Crippen molar-refractivity contribution in [2.45, 2.75) is 5.16 Å². The Morgan fingerprint density at radius 3 is 2.56 bits per heavy atom. The molecular formula is C18H19N5O3S. The molecule has 2 aromatic heterocycles. The van der Waals surface area contributed by atoms with Crippen LogP contribution in [-0.2, 0) is 11.8 Å². The zero-order valence-corrected chi connectivity index (χ0v) is 16.0. The molecule has 1 amide bonds. The standard InChI is InChI=1S/C18H19N5O3S/c1-23-17(12-5-4-6-19-10-12)21-22-18(23)27-11-16(24)20-13-7-14(25-2)9-15(8-13)26-3/h4-10H,11H2,1-3H3,(H,20,24). The summed E-state index contributed by atoms with van der Waals surface area (Å²) in [6.45, 7) is 0. The number of amides is 1. The van der Waals surface area contributed by atoms with E-state index in [2.05, 4.69) is 20.5 Å². The second-order valence-corrected chi connectivity index (χ2v) is 6.49. The monoisotopic (exact) mass is 385 g/mol. The highest BCUT2D eigenvalue weighted by Crippen LogP contribution is 2.26. The maximum atomic E-state index is 12.3. The van der Waals surface area contributed by atoms with E-state index in [1.165, 1.54) is 11.8 Å². The van der Waals surface area contributed by atoms with Crippen LogP contribution in [0.2, 0.25) is 0 Å². The van der Waals surface area contributed by atoms with Crippen LogP contribution in [0, 0.1) is 0 Å². The molecule has 8 nitrogen and oxygen atoms in total. The smallest absolute Gasteiger partial charge is 0.234 e. The molecule has 27 heavy (non-hydrogen) atoms. The molecule has 1 aromatic carbocycles. The summed E-state index contributed by atoms with van der Waals surface area (Å²) in [5.74, 6) is 1.93. The van der Waals surface area contributed by atoms with Crippen LogP contribution >= 0.6 is 11.8 Å². The lowest BCUT2D eigenvalue weighted by Crippen LogP contribution is -2.14. The Kier molecular flexibility index (Phi) is 5.92. The van der Waals surface area contributed by atoms with Gasteiger partial charge < -0.3 is 19.4 Å². The number of thioether (sulfide) groups is 1. The highest BCUT2D eigenvalue weighted by molar-refractivity contribution is 7.99. The molecule has 140 valence electrons. The minimum atomic E-state index is -0.166. The predicted molar refractivity (Wildman–Crippen MR) is 103 cm³/mol. The maximum Gasteiger partial charge on any atom is 0.234 e. The zero-order valence-electron chi connectivity index (χ0n) is 15.2. The van der Waals surface area contributed by atoms with Gasteiger partial charge in [-0.1, -0.05) is 11.8 Å². The summed E-state index contributed by atoms with van der Waals surface area (Å²) in [5.41, 5.74) is 1.47. The molecule has 0 saturated carbocycles. The molecule has 0 unspecified atom stereocenters. The molecular weight excluding hydrogens is 366 g/mol. The third-order valence-electron chi connectivity index (χ3n) is 3.72. The largest absolute Gasteiger partial charge is 0.497 e. The van der Waals surface area contributed by atoms with E-state index in [-0.39, 0.29) is 11.7 Å². The lowest BCUT2D eigenvalue weighted by Gasteiger charge is -2.09. The molecule has 1 N–H and O–H groups in total. The number of methoxy groups -OCH3 is 2. The van der Waals surface area contributed by atoms with Crippen LogP contribution in [0.1, 0.15) is 0 Å². The van der Waals surface area contributed by atoms with E-state index in [0.717, 1.165) is 5.56 Å². The molecule has 3 rings (SSSR count). The highest BCUT2D eigenvalue weighted by Gasteiger charge is 2.13. The Morgan fingerprint density at radius 2 is 1.93 bits per heavy atom. The van der Waals surface area contributed by atoms with Crippen LogP contribution in [0.15, 0.2) is 47.9 Å². The number of ether oxygens (including phenoxy) is 2. The number of carbonyl (C=O) groups excluding carboxylic acids is 1. The van der Waals surface area contributed by atoms with Gasteiger partial charge in [0, 0.05) is 48.9 Å². The number of hydrogen-bond acceptors (Lipinski definition) is 7. The Balaban J connectivity index is 1.64. The van der Waals surface area contributed by atoms with Gasteiger partial charge in [-0.3, -0.25) is 9.78 Å². The van der Waals surface area contributed by atoms with Gasteiger partial charge >= 0.3 is 0 Å². The van der Waals surface area contributed by atoms with Crippen molar-refractivity contribution in [3.63, 3.8) is 0 Å². The van der Waals surface area contributed by atoms with E-state index in [9.17, 15) is 4.79 Å². The molecule has 0 radical (unpaired) electrons. The number of carbonyl (C=O) groups is 1. The van der Waals surface area contributed by atoms with Gasteiger partial charge in [0.15, 0.2) is 11.0 Å². The Labute approximate surface area is 160 Å². The third-order valence-corrected chi connectivity index (χ3v) is 4.74. The van der Waals surface area contributed by atoms with Crippen molar-refractivity contribution in [3.8, 4) is 22.9 Å². The van der Waals surface area contributed by atoms with E-state index >= 15 is 0 Å². The predicted octanol–water partition coefficient (Wildman–Crippen LogP) is 2.63. The van der Waals surface area contributed by atoms with Crippen LogP contribution < -0.4 is 14.8 Å². The normalized spacial score (nSPS) is 10.5. The van der Waals surface area contributed by atoms with Gasteiger partial charge in [-0.25, -0.2) is 0 Å². The Morgan fingerprint density at radius 1 is 1.19 bits per heavy atom. The number of rotatable bonds is 7. The van der Waals surface area contributed by atoms with Crippen LogP contribution in [0.5, 0.6) is 11.5 Å². The third kappa shape index (κ3) is 4.56. The van der Waals surface area contributed by atoms with E-state index in [1.54, 1.807) is 44.8 Å². The summed E-state index contributed by atoms with van der Waals surface area (Å²) in [6.07, 6.45) is 3.43. The number of hydrogen-bond donors (Lipinski definition) is 1. The summed E-state index contributed by atoms with van der Waals surface area (Å²) in [6, 6.07) is 8.95. The average molecular weight is 385 g/mol. The van der Waals surface area contributed by atoms with Crippen molar-refractivity contribution in [1.29, 1.82) is 0 Å². The first-order valence-electron chi connectivity index (χ1n) is 8.06. The van der Waals surface area contributed by atoms with Crippen molar-refractivity contribution in [1.82, 2.24) is 19.7 Å². The van der Waals surface area contributed by atoms with Crippen molar-refractivity contribution in [3.05, 3.63) is 42.7 Å². The number of benzene rings is 1. The molecule has 0 aliphatic heterocycles. The lowest BCUT2D eigenvalue weighted by atomic mass is 10.2. The summed E-state index contributed by atoms with van der Waals surface area (Å²) >= 11 is 1.30. The van der Waals surface area contributed by atoms with Crippen LogP contribution in [0.25, 0.3) is 11.4 Å². The number of pyridine rings is 1. The fraction of sp³-hybridized carbons (Fsp3) is 0.222. The van der Waals surface area contributed by atoms with Crippen LogP contribution in [0.4, 0.5) is 5.69 Å². The molecule has 0 fully saturated rings.